The molecule has 1 fully saturated rings. The second-order valence-corrected chi connectivity index (χ2v) is 7.02. The van der Waals surface area contributed by atoms with Crippen molar-refractivity contribution in [2.45, 2.75) is 45.6 Å². The second-order valence-electron chi connectivity index (χ2n) is 7.02. The summed E-state index contributed by atoms with van der Waals surface area (Å²) in [4.78, 5) is 17.0. The van der Waals surface area contributed by atoms with E-state index in [0.717, 1.165) is 52.0 Å². The molecule has 1 aliphatic rings. The quantitative estimate of drug-likeness (QED) is 0.806. The van der Waals surface area contributed by atoms with Gasteiger partial charge in [0, 0.05) is 19.6 Å². The van der Waals surface area contributed by atoms with Crippen LogP contribution in [0.1, 0.15) is 38.7 Å². The van der Waals surface area contributed by atoms with E-state index < -0.39 is 0 Å². The van der Waals surface area contributed by atoms with Gasteiger partial charge in [-0.3, -0.25) is 4.79 Å². The van der Waals surface area contributed by atoms with Crippen molar-refractivity contribution in [1.82, 2.24) is 9.80 Å². The summed E-state index contributed by atoms with van der Waals surface area (Å²) in [6.45, 7) is 8.97. The third kappa shape index (κ3) is 6.96. The van der Waals surface area contributed by atoms with Crippen molar-refractivity contribution in [2.75, 3.05) is 32.7 Å². The first-order valence-corrected chi connectivity index (χ1v) is 9.42. The minimum absolute atomic E-state index is 0. The third-order valence-electron chi connectivity index (χ3n) is 5.22. The Balaban J connectivity index is 0.00000312. The number of rotatable bonds is 7. The maximum atomic E-state index is 12.5. The first kappa shape index (κ1) is 21.9. The highest BCUT2D eigenvalue weighted by atomic mass is 35.5. The van der Waals surface area contributed by atoms with Crippen LogP contribution in [-0.4, -0.2) is 54.5 Å². The van der Waals surface area contributed by atoms with Crippen LogP contribution in [0.4, 0.5) is 0 Å². The molecule has 1 amide bonds. The van der Waals surface area contributed by atoms with E-state index in [0.29, 0.717) is 0 Å². The Morgan fingerprint density at radius 2 is 1.88 bits per heavy atom. The molecule has 0 bridgehead atoms. The zero-order valence-corrected chi connectivity index (χ0v) is 16.5. The van der Waals surface area contributed by atoms with Crippen molar-refractivity contribution < 1.29 is 4.79 Å². The number of nitrogens with zero attached hydrogens (tertiary/aromatic N) is 2. The van der Waals surface area contributed by atoms with Crippen molar-refractivity contribution in [1.29, 1.82) is 0 Å². The van der Waals surface area contributed by atoms with Gasteiger partial charge in [-0.2, -0.15) is 0 Å². The van der Waals surface area contributed by atoms with Gasteiger partial charge in [-0.15, -0.1) is 12.4 Å². The lowest BCUT2D eigenvalue weighted by Gasteiger charge is -2.27. The highest BCUT2D eigenvalue weighted by Gasteiger charge is 2.26. The fourth-order valence-electron chi connectivity index (χ4n) is 3.27. The molecular weight excluding hydrogens is 334 g/mol. The largest absolute Gasteiger partial charge is 0.340 e. The standard InChI is InChI=1S/C20H33N3O.ClH/c1-3-17(2)19(21)20(24)23-14-8-13-22(15-16-23)12-7-11-18-9-5-4-6-10-18;/h4-6,9-10,17,19H,3,7-8,11-16,21H2,1-2H3;1H. The number of carbonyl (C=O) groups excluding carboxylic acids is 1. The van der Waals surface area contributed by atoms with Crippen LogP contribution in [0.3, 0.4) is 0 Å². The van der Waals surface area contributed by atoms with Crippen molar-refractivity contribution in [3.8, 4) is 0 Å². The number of nitrogens with two attached hydrogens (primary N) is 1. The van der Waals surface area contributed by atoms with Crippen LogP contribution < -0.4 is 5.73 Å². The lowest BCUT2D eigenvalue weighted by atomic mass is 9.99. The number of hydrogen-bond acceptors (Lipinski definition) is 3. The van der Waals surface area contributed by atoms with Gasteiger partial charge in [0.1, 0.15) is 0 Å². The molecule has 2 atom stereocenters. The molecule has 2 unspecified atom stereocenters. The maximum Gasteiger partial charge on any atom is 0.239 e. The molecule has 1 aromatic carbocycles. The predicted molar refractivity (Wildman–Crippen MR) is 107 cm³/mol. The molecule has 0 spiro atoms. The molecule has 1 saturated heterocycles. The number of aryl methyl sites for hydroxylation is 1. The van der Waals surface area contributed by atoms with Gasteiger partial charge < -0.3 is 15.5 Å². The van der Waals surface area contributed by atoms with Gasteiger partial charge >= 0.3 is 0 Å². The molecule has 1 aromatic rings. The average molecular weight is 368 g/mol. The molecule has 25 heavy (non-hydrogen) atoms. The Kier molecular flexibility index (Phi) is 10.1. The van der Waals surface area contributed by atoms with Crippen LogP contribution in [0.15, 0.2) is 30.3 Å². The monoisotopic (exact) mass is 367 g/mol. The van der Waals surface area contributed by atoms with Gasteiger partial charge in [0.15, 0.2) is 0 Å². The van der Waals surface area contributed by atoms with Crippen LogP contribution in [0.5, 0.6) is 0 Å². The molecular formula is C20H34ClN3O. The Labute approximate surface area is 159 Å². The lowest BCUT2D eigenvalue weighted by molar-refractivity contribution is -0.133. The van der Waals surface area contributed by atoms with E-state index in [-0.39, 0.29) is 30.3 Å². The van der Waals surface area contributed by atoms with Crippen LogP contribution in [0.25, 0.3) is 0 Å². The molecule has 0 radical (unpaired) electrons. The highest BCUT2D eigenvalue weighted by molar-refractivity contribution is 5.85. The molecule has 2 rings (SSSR count). The van der Waals surface area contributed by atoms with E-state index in [4.69, 9.17) is 5.73 Å². The number of halogens is 1. The van der Waals surface area contributed by atoms with Gasteiger partial charge in [0.2, 0.25) is 5.91 Å². The number of hydrogen-bond donors (Lipinski definition) is 1. The predicted octanol–water partition coefficient (Wildman–Crippen LogP) is 2.95. The summed E-state index contributed by atoms with van der Waals surface area (Å²) in [7, 11) is 0. The summed E-state index contributed by atoms with van der Waals surface area (Å²) in [6.07, 6.45) is 4.29. The third-order valence-corrected chi connectivity index (χ3v) is 5.22. The molecule has 1 heterocycles. The SMILES string of the molecule is CCC(C)C(N)C(=O)N1CCCN(CCCc2ccccc2)CC1.Cl. The van der Waals surface area contributed by atoms with Gasteiger partial charge in [-0.25, -0.2) is 0 Å². The highest BCUT2D eigenvalue weighted by Crippen LogP contribution is 2.12. The number of carbonyl (C=O) groups is 1. The Bertz CT molecular complexity index is 497. The second kappa shape index (κ2) is 11.5. The van der Waals surface area contributed by atoms with E-state index in [9.17, 15) is 4.79 Å². The lowest BCUT2D eigenvalue weighted by Crippen LogP contribution is -2.48. The summed E-state index contributed by atoms with van der Waals surface area (Å²) < 4.78 is 0. The van der Waals surface area contributed by atoms with Crippen LogP contribution in [0.2, 0.25) is 0 Å². The minimum atomic E-state index is -0.348. The van der Waals surface area contributed by atoms with Gasteiger partial charge in [-0.05, 0) is 43.8 Å². The van der Waals surface area contributed by atoms with E-state index in [2.05, 4.69) is 49.1 Å². The number of benzene rings is 1. The molecule has 0 aromatic heterocycles. The minimum Gasteiger partial charge on any atom is -0.340 e. The molecule has 5 heteroatoms. The molecule has 4 nitrogen and oxygen atoms in total. The zero-order valence-electron chi connectivity index (χ0n) is 15.7. The fourth-order valence-corrected chi connectivity index (χ4v) is 3.27. The normalized spacial score (nSPS) is 18.1. The summed E-state index contributed by atoms with van der Waals surface area (Å²) >= 11 is 0. The van der Waals surface area contributed by atoms with E-state index in [1.54, 1.807) is 0 Å². The smallest absolute Gasteiger partial charge is 0.239 e. The van der Waals surface area contributed by atoms with E-state index >= 15 is 0 Å². The van der Waals surface area contributed by atoms with Crippen molar-refractivity contribution in [2.24, 2.45) is 11.7 Å². The molecule has 1 aliphatic heterocycles. The zero-order chi connectivity index (χ0) is 17.4. The summed E-state index contributed by atoms with van der Waals surface area (Å²) in [5.74, 6) is 0.387. The molecule has 0 aliphatic carbocycles. The topological polar surface area (TPSA) is 49.6 Å². The fraction of sp³-hybridized carbons (Fsp3) is 0.650. The van der Waals surface area contributed by atoms with Crippen molar-refractivity contribution in [3.63, 3.8) is 0 Å². The Hall–Kier alpha value is -1.10. The van der Waals surface area contributed by atoms with Crippen LogP contribution in [-0.2, 0) is 11.2 Å². The van der Waals surface area contributed by atoms with Crippen LogP contribution >= 0.6 is 12.4 Å². The van der Waals surface area contributed by atoms with Crippen molar-refractivity contribution in [3.05, 3.63) is 35.9 Å². The first-order chi connectivity index (χ1) is 11.6. The van der Waals surface area contributed by atoms with Gasteiger partial charge in [-0.1, -0.05) is 50.6 Å². The summed E-state index contributed by atoms with van der Waals surface area (Å²) in [5.41, 5.74) is 7.53. The maximum absolute atomic E-state index is 12.5. The van der Waals surface area contributed by atoms with Crippen molar-refractivity contribution >= 4 is 18.3 Å². The summed E-state index contributed by atoms with van der Waals surface area (Å²) in [6, 6.07) is 10.3. The van der Waals surface area contributed by atoms with Gasteiger partial charge in [0.25, 0.3) is 0 Å². The van der Waals surface area contributed by atoms with Gasteiger partial charge in [0.05, 0.1) is 6.04 Å². The summed E-state index contributed by atoms with van der Waals surface area (Å²) in [5, 5.41) is 0. The number of amides is 1. The first-order valence-electron chi connectivity index (χ1n) is 9.42. The van der Waals surface area contributed by atoms with E-state index in [1.807, 2.05) is 4.90 Å². The molecule has 2 N–H and O–H groups in total. The molecule has 142 valence electrons. The molecule has 0 saturated carbocycles. The average Bonchev–Trinajstić information content (AvgIpc) is 2.86. The van der Waals surface area contributed by atoms with Crippen LogP contribution in [0, 0.1) is 5.92 Å². The Morgan fingerprint density at radius 1 is 1.16 bits per heavy atom. The Morgan fingerprint density at radius 3 is 2.56 bits per heavy atom. The van der Waals surface area contributed by atoms with E-state index in [1.165, 1.54) is 12.0 Å².